The van der Waals surface area contributed by atoms with E-state index in [1.165, 1.54) is 4.90 Å². The van der Waals surface area contributed by atoms with Gasteiger partial charge in [-0.25, -0.2) is 0 Å². The Balaban J connectivity index is 2.15. The van der Waals surface area contributed by atoms with Crippen LogP contribution in [0.15, 0.2) is 18.2 Å². The number of nitrogens with zero attached hydrogens (tertiary/aromatic N) is 3. The molecule has 7 nitrogen and oxygen atoms in total. The second-order valence-electron chi connectivity index (χ2n) is 7.13. The summed E-state index contributed by atoms with van der Waals surface area (Å²) in [5.41, 5.74) is 2.91. The van der Waals surface area contributed by atoms with E-state index in [0.29, 0.717) is 19.5 Å². The molecule has 7 heteroatoms. The van der Waals surface area contributed by atoms with Gasteiger partial charge in [0.2, 0.25) is 11.8 Å². The van der Waals surface area contributed by atoms with Gasteiger partial charge in [0, 0.05) is 25.3 Å². The number of benzene rings is 1. The molecule has 1 aromatic rings. The highest BCUT2D eigenvalue weighted by Gasteiger charge is 2.40. The Labute approximate surface area is 154 Å². The first kappa shape index (κ1) is 19.9. The van der Waals surface area contributed by atoms with Gasteiger partial charge in [0.05, 0.1) is 0 Å². The lowest BCUT2D eigenvalue weighted by atomic mass is 10.1. The third-order valence-electron chi connectivity index (χ3n) is 4.48. The van der Waals surface area contributed by atoms with Crippen LogP contribution < -0.4 is 4.90 Å². The highest BCUT2D eigenvalue weighted by Crippen LogP contribution is 2.28. The van der Waals surface area contributed by atoms with Gasteiger partial charge in [-0.3, -0.25) is 14.4 Å². The smallest absolute Gasteiger partial charge is 0.323 e. The summed E-state index contributed by atoms with van der Waals surface area (Å²) in [6, 6.07) is 5.89. The van der Waals surface area contributed by atoms with Crippen molar-refractivity contribution in [3.63, 3.8) is 0 Å². The topological polar surface area (TPSA) is 81.2 Å². The Kier molecular flexibility index (Phi) is 6.37. The fourth-order valence-corrected chi connectivity index (χ4v) is 3.24. The fourth-order valence-electron chi connectivity index (χ4n) is 3.24. The van der Waals surface area contributed by atoms with E-state index in [-0.39, 0.29) is 19.0 Å². The van der Waals surface area contributed by atoms with Crippen LogP contribution in [0.25, 0.3) is 0 Å². The highest BCUT2D eigenvalue weighted by atomic mass is 16.4. The molecule has 1 heterocycles. The van der Waals surface area contributed by atoms with Crippen molar-refractivity contribution in [3.8, 4) is 0 Å². The molecule has 26 heavy (non-hydrogen) atoms. The second-order valence-corrected chi connectivity index (χ2v) is 7.13. The van der Waals surface area contributed by atoms with Crippen molar-refractivity contribution in [1.82, 2.24) is 9.80 Å². The maximum atomic E-state index is 12.8. The number of carboxylic acid groups (broad SMARTS) is 1. The van der Waals surface area contributed by atoms with Crippen LogP contribution in [0, 0.1) is 19.8 Å². The van der Waals surface area contributed by atoms with Crippen LogP contribution in [-0.4, -0.2) is 73.0 Å². The molecule has 1 aliphatic heterocycles. The summed E-state index contributed by atoms with van der Waals surface area (Å²) in [6.07, 6.45) is 0.405. The molecule has 1 N–H and O–H groups in total. The molecule has 142 valence electrons. The van der Waals surface area contributed by atoms with E-state index in [0.717, 1.165) is 16.8 Å². The third kappa shape index (κ3) is 4.82. The van der Waals surface area contributed by atoms with Gasteiger partial charge in [-0.1, -0.05) is 6.07 Å². The monoisotopic (exact) mass is 361 g/mol. The predicted molar refractivity (Wildman–Crippen MR) is 99.1 cm³/mol. The normalized spacial score (nSPS) is 17.0. The van der Waals surface area contributed by atoms with Crippen molar-refractivity contribution in [2.45, 2.75) is 20.3 Å². The first-order valence-corrected chi connectivity index (χ1v) is 8.74. The Morgan fingerprint density at radius 2 is 1.77 bits per heavy atom. The lowest BCUT2D eigenvalue weighted by molar-refractivity contribution is -0.148. The van der Waals surface area contributed by atoms with Crippen LogP contribution in [0.3, 0.4) is 0 Å². The summed E-state index contributed by atoms with van der Waals surface area (Å²) in [4.78, 5) is 41.5. The Morgan fingerprint density at radius 3 is 2.31 bits per heavy atom. The average Bonchev–Trinajstić information content (AvgIpc) is 2.91. The average molecular weight is 361 g/mol. The first-order chi connectivity index (χ1) is 12.2. The van der Waals surface area contributed by atoms with E-state index in [1.54, 1.807) is 4.90 Å². The van der Waals surface area contributed by atoms with Crippen molar-refractivity contribution < 1.29 is 19.5 Å². The molecule has 2 rings (SSSR count). The second kappa shape index (κ2) is 8.31. The molecule has 1 aliphatic rings. The number of carbonyl (C=O) groups is 3. The van der Waals surface area contributed by atoms with Crippen LogP contribution in [0.2, 0.25) is 0 Å². The number of carboxylic acids is 1. The Morgan fingerprint density at radius 1 is 1.15 bits per heavy atom. The molecule has 0 saturated carbocycles. The van der Waals surface area contributed by atoms with Gasteiger partial charge in [-0.2, -0.15) is 0 Å². The van der Waals surface area contributed by atoms with Crippen molar-refractivity contribution in [1.29, 1.82) is 0 Å². The predicted octanol–water partition coefficient (Wildman–Crippen LogP) is 1.13. The summed E-state index contributed by atoms with van der Waals surface area (Å²) >= 11 is 0. The van der Waals surface area contributed by atoms with E-state index in [4.69, 9.17) is 5.11 Å². The molecule has 1 fully saturated rings. The number of carbonyl (C=O) groups excluding carboxylic acids is 2. The lowest BCUT2D eigenvalue weighted by Crippen LogP contribution is -2.45. The van der Waals surface area contributed by atoms with Crippen LogP contribution >= 0.6 is 0 Å². The number of hydrogen-bond donors (Lipinski definition) is 1. The van der Waals surface area contributed by atoms with E-state index in [2.05, 4.69) is 0 Å². The van der Waals surface area contributed by atoms with Crippen molar-refractivity contribution >= 4 is 23.5 Å². The van der Waals surface area contributed by atoms with Gasteiger partial charge >= 0.3 is 5.97 Å². The molecule has 0 spiro atoms. The van der Waals surface area contributed by atoms with Crippen LogP contribution in [0.1, 0.15) is 17.5 Å². The summed E-state index contributed by atoms with van der Waals surface area (Å²) < 4.78 is 0. The maximum Gasteiger partial charge on any atom is 0.323 e. The molecule has 2 amide bonds. The number of rotatable bonds is 7. The third-order valence-corrected chi connectivity index (χ3v) is 4.48. The Hall–Kier alpha value is -2.41. The summed E-state index contributed by atoms with van der Waals surface area (Å²) in [6.45, 7) is 4.84. The molecule has 0 aromatic heterocycles. The number of aryl methyl sites for hydroxylation is 2. The van der Waals surface area contributed by atoms with Gasteiger partial charge < -0.3 is 19.8 Å². The summed E-state index contributed by atoms with van der Waals surface area (Å²) in [5, 5.41) is 9.09. The minimum atomic E-state index is -1.08. The minimum Gasteiger partial charge on any atom is -0.480 e. The minimum absolute atomic E-state index is 0.250. The largest absolute Gasteiger partial charge is 0.480 e. The molecule has 1 unspecified atom stereocenters. The standard InChI is InChI=1S/C19H27N3O4/c1-13-9-14(2)11-15(10-13)22-6-5-16(19(22)26)18(25)21(12-17(23)24)8-7-20(3)4/h9-11,16H,5-8,12H2,1-4H3,(H,23,24). The highest BCUT2D eigenvalue weighted by molar-refractivity contribution is 6.10. The SMILES string of the molecule is Cc1cc(C)cc(N2CCC(C(=O)N(CCN(C)C)CC(=O)O)C2=O)c1. The number of amides is 2. The van der Waals surface area contributed by atoms with E-state index < -0.39 is 17.8 Å². The zero-order chi connectivity index (χ0) is 19.4. The van der Waals surface area contributed by atoms with Gasteiger partial charge in [0.1, 0.15) is 12.5 Å². The van der Waals surface area contributed by atoms with Crippen LogP contribution in [-0.2, 0) is 14.4 Å². The summed E-state index contributed by atoms with van der Waals surface area (Å²) in [5.74, 6) is -2.53. The fraction of sp³-hybridized carbons (Fsp3) is 0.526. The summed E-state index contributed by atoms with van der Waals surface area (Å²) in [7, 11) is 3.71. The first-order valence-electron chi connectivity index (χ1n) is 8.74. The zero-order valence-electron chi connectivity index (χ0n) is 15.9. The van der Waals surface area contributed by atoms with Crippen LogP contribution in [0.5, 0.6) is 0 Å². The molecule has 0 bridgehead atoms. The van der Waals surface area contributed by atoms with Gasteiger partial charge in [0.25, 0.3) is 0 Å². The number of aliphatic carboxylic acids is 1. The quantitative estimate of drug-likeness (QED) is 0.737. The molecule has 1 aromatic carbocycles. The zero-order valence-corrected chi connectivity index (χ0v) is 15.9. The molecule has 1 atom stereocenters. The van der Waals surface area contributed by atoms with Crippen molar-refractivity contribution in [2.24, 2.45) is 5.92 Å². The van der Waals surface area contributed by atoms with Crippen LogP contribution in [0.4, 0.5) is 5.69 Å². The number of likely N-dealkylation sites (N-methyl/N-ethyl adjacent to an activating group) is 1. The van der Waals surface area contributed by atoms with Gasteiger partial charge in [-0.15, -0.1) is 0 Å². The number of hydrogen-bond acceptors (Lipinski definition) is 4. The molecule has 1 saturated heterocycles. The molecule has 0 radical (unpaired) electrons. The van der Waals surface area contributed by atoms with E-state index in [9.17, 15) is 14.4 Å². The number of anilines is 1. The van der Waals surface area contributed by atoms with E-state index in [1.807, 2.05) is 51.0 Å². The van der Waals surface area contributed by atoms with Gasteiger partial charge in [-0.05, 0) is 57.6 Å². The van der Waals surface area contributed by atoms with Crippen molar-refractivity contribution in [2.75, 3.05) is 45.2 Å². The Bertz CT molecular complexity index is 682. The van der Waals surface area contributed by atoms with Gasteiger partial charge in [0.15, 0.2) is 0 Å². The molecular formula is C19H27N3O4. The van der Waals surface area contributed by atoms with E-state index >= 15 is 0 Å². The maximum absolute atomic E-state index is 12.8. The molecule has 0 aliphatic carbocycles. The van der Waals surface area contributed by atoms with Crippen molar-refractivity contribution in [3.05, 3.63) is 29.3 Å². The lowest BCUT2D eigenvalue weighted by Gasteiger charge is -2.25. The molecular weight excluding hydrogens is 334 g/mol.